The third-order valence-electron chi connectivity index (χ3n) is 4.62. The summed E-state index contributed by atoms with van der Waals surface area (Å²) < 4.78 is 39.4. The first-order valence-electron chi connectivity index (χ1n) is 7.78. The van der Waals surface area contributed by atoms with E-state index < -0.39 is 17.6 Å². The molecular formula is C14H19F3N4O2. The lowest BCUT2D eigenvalue weighted by Crippen LogP contribution is -2.44. The SMILES string of the molecule is O=C(CC1(O)CCCCC1)N1CCn2c(nnc2C(F)(F)F)C1. The zero-order chi connectivity index (χ0) is 16.7. The number of carbonyl (C=O) groups excluding carboxylic acids is 1. The van der Waals surface area contributed by atoms with E-state index in [9.17, 15) is 23.1 Å². The first-order chi connectivity index (χ1) is 10.8. The van der Waals surface area contributed by atoms with E-state index in [0.29, 0.717) is 12.8 Å². The van der Waals surface area contributed by atoms with Gasteiger partial charge in [0.25, 0.3) is 0 Å². The summed E-state index contributed by atoms with van der Waals surface area (Å²) >= 11 is 0. The normalized spacial score (nSPS) is 21.1. The van der Waals surface area contributed by atoms with Gasteiger partial charge in [0.15, 0.2) is 5.82 Å². The van der Waals surface area contributed by atoms with Gasteiger partial charge in [0.05, 0.1) is 18.6 Å². The van der Waals surface area contributed by atoms with Crippen molar-refractivity contribution in [1.82, 2.24) is 19.7 Å². The minimum Gasteiger partial charge on any atom is -0.389 e. The van der Waals surface area contributed by atoms with Crippen LogP contribution in [0.2, 0.25) is 0 Å². The van der Waals surface area contributed by atoms with Gasteiger partial charge < -0.3 is 14.6 Å². The minimum atomic E-state index is -4.55. The molecule has 0 bridgehead atoms. The number of amides is 1. The largest absolute Gasteiger partial charge is 0.451 e. The fourth-order valence-corrected chi connectivity index (χ4v) is 3.36. The molecule has 2 heterocycles. The Balaban J connectivity index is 1.67. The summed E-state index contributed by atoms with van der Waals surface area (Å²) in [5.41, 5.74) is -0.975. The molecule has 23 heavy (non-hydrogen) atoms. The number of rotatable bonds is 2. The molecule has 3 rings (SSSR count). The van der Waals surface area contributed by atoms with E-state index in [1.807, 2.05) is 0 Å². The topological polar surface area (TPSA) is 71.2 Å². The standard InChI is InChI=1S/C14H19F3N4O2/c15-14(16,17)12-19-18-10-9-20(6-7-21(10)12)11(22)8-13(23)4-2-1-3-5-13/h23H,1-9H2. The highest BCUT2D eigenvalue weighted by atomic mass is 19.4. The molecule has 1 aromatic rings. The van der Waals surface area contributed by atoms with Crippen molar-refractivity contribution in [3.8, 4) is 0 Å². The molecule has 1 fully saturated rings. The molecule has 6 nitrogen and oxygen atoms in total. The van der Waals surface area contributed by atoms with E-state index in [0.717, 1.165) is 23.8 Å². The number of hydrogen-bond acceptors (Lipinski definition) is 4. The molecule has 0 radical (unpaired) electrons. The number of aromatic nitrogens is 3. The molecule has 2 aliphatic rings. The summed E-state index contributed by atoms with van der Waals surface area (Å²) in [6, 6.07) is 0. The van der Waals surface area contributed by atoms with Crippen LogP contribution >= 0.6 is 0 Å². The molecule has 1 amide bonds. The summed E-state index contributed by atoms with van der Waals surface area (Å²) in [7, 11) is 0. The highest BCUT2D eigenvalue weighted by Gasteiger charge is 2.40. The van der Waals surface area contributed by atoms with Gasteiger partial charge in [-0.05, 0) is 12.8 Å². The van der Waals surface area contributed by atoms with Crippen molar-refractivity contribution in [2.75, 3.05) is 6.54 Å². The Morgan fingerprint density at radius 3 is 2.52 bits per heavy atom. The Morgan fingerprint density at radius 1 is 1.17 bits per heavy atom. The smallest absolute Gasteiger partial charge is 0.389 e. The van der Waals surface area contributed by atoms with Crippen LogP contribution in [-0.2, 0) is 24.1 Å². The van der Waals surface area contributed by atoms with Gasteiger partial charge in [-0.15, -0.1) is 10.2 Å². The van der Waals surface area contributed by atoms with Crippen molar-refractivity contribution in [2.24, 2.45) is 0 Å². The molecule has 9 heteroatoms. The molecule has 0 unspecified atom stereocenters. The molecule has 1 aliphatic carbocycles. The average molecular weight is 332 g/mol. The van der Waals surface area contributed by atoms with Crippen LogP contribution in [0.3, 0.4) is 0 Å². The summed E-state index contributed by atoms with van der Waals surface area (Å²) in [5, 5.41) is 17.2. The van der Waals surface area contributed by atoms with Gasteiger partial charge in [0.2, 0.25) is 11.7 Å². The van der Waals surface area contributed by atoms with Gasteiger partial charge >= 0.3 is 6.18 Å². The van der Waals surface area contributed by atoms with E-state index in [1.165, 1.54) is 4.90 Å². The fraction of sp³-hybridized carbons (Fsp3) is 0.786. The van der Waals surface area contributed by atoms with Gasteiger partial charge in [-0.2, -0.15) is 13.2 Å². The number of fused-ring (bicyclic) bond motifs is 1. The number of hydrogen-bond donors (Lipinski definition) is 1. The molecule has 1 saturated carbocycles. The second kappa shape index (κ2) is 5.77. The number of carbonyl (C=O) groups is 1. The first-order valence-corrected chi connectivity index (χ1v) is 7.78. The summed E-state index contributed by atoms with van der Waals surface area (Å²) in [5.74, 6) is -1.13. The molecule has 0 aromatic carbocycles. The molecule has 0 atom stereocenters. The van der Waals surface area contributed by atoms with Crippen LogP contribution in [0.1, 0.15) is 50.2 Å². The Hall–Kier alpha value is -1.64. The maximum Gasteiger partial charge on any atom is 0.451 e. The number of alkyl halides is 3. The third kappa shape index (κ3) is 3.34. The van der Waals surface area contributed by atoms with Crippen molar-refractivity contribution < 1.29 is 23.1 Å². The highest BCUT2D eigenvalue weighted by Crippen LogP contribution is 2.32. The Morgan fingerprint density at radius 2 is 1.87 bits per heavy atom. The predicted octanol–water partition coefficient (Wildman–Crippen LogP) is 1.72. The van der Waals surface area contributed by atoms with Crippen LogP contribution < -0.4 is 0 Å². The number of aliphatic hydroxyl groups is 1. The van der Waals surface area contributed by atoms with Crippen LogP contribution in [0.25, 0.3) is 0 Å². The van der Waals surface area contributed by atoms with E-state index in [2.05, 4.69) is 10.2 Å². The number of halogens is 3. The lowest BCUT2D eigenvalue weighted by atomic mass is 9.82. The van der Waals surface area contributed by atoms with Gasteiger partial charge in [0, 0.05) is 13.1 Å². The second-order valence-corrected chi connectivity index (χ2v) is 6.37. The van der Waals surface area contributed by atoms with Gasteiger partial charge in [0.1, 0.15) is 0 Å². The van der Waals surface area contributed by atoms with Gasteiger partial charge in [-0.1, -0.05) is 19.3 Å². The van der Waals surface area contributed by atoms with Crippen molar-refractivity contribution in [3.05, 3.63) is 11.6 Å². The molecule has 0 spiro atoms. The van der Waals surface area contributed by atoms with Crippen LogP contribution in [0.15, 0.2) is 0 Å². The third-order valence-corrected chi connectivity index (χ3v) is 4.62. The highest BCUT2D eigenvalue weighted by molar-refractivity contribution is 5.77. The van der Waals surface area contributed by atoms with Crippen LogP contribution in [0.5, 0.6) is 0 Å². The first kappa shape index (κ1) is 16.2. The number of nitrogens with zero attached hydrogens (tertiary/aromatic N) is 4. The second-order valence-electron chi connectivity index (χ2n) is 6.37. The molecule has 128 valence electrons. The summed E-state index contributed by atoms with van der Waals surface area (Å²) in [4.78, 5) is 13.8. The average Bonchev–Trinajstić information content (AvgIpc) is 2.90. The van der Waals surface area contributed by atoms with E-state index >= 15 is 0 Å². The zero-order valence-corrected chi connectivity index (χ0v) is 12.6. The molecule has 1 aliphatic heterocycles. The quantitative estimate of drug-likeness (QED) is 0.895. The van der Waals surface area contributed by atoms with Crippen molar-refractivity contribution in [3.63, 3.8) is 0 Å². The van der Waals surface area contributed by atoms with E-state index in [4.69, 9.17) is 0 Å². The van der Waals surface area contributed by atoms with Gasteiger partial charge in [-0.25, -0.2) is 0 Å². The van der Waals surface area contributed by atoms with Crippen molar-refractivity contribution >= 4 is 5.91 Å². The van der Waals surface area contributed by atoms with E-state index in [-0.39, 0.29) is 37.8 Å². The van der Waals surface area contributed by atoms with Crippen LogP contribution in [0.4, 0.5) is 13.2 Å². The van der Waals surface area contributed by atoms with Crippen molar-refractivity contribution in [2.45, 2.75) is 63.4 Å². The van der Waals surface area contributed by atoms with Crippen molar-refractivity contribution in [1.29, 1.82) is 0 Å². The summed E-state index contributed by atoms with van der Waals surface area (Å²) in [6.45, 7) is 0.183. The maximum absolute atomic E-state index is 12.8. The van der Waals surface area contributed by atoms with Gasteiger partial charge in [-0.3, -0.25) is 4.79 Å². The summed E-state index contributed by atoms with van der Waals surface area (Å²) in [6.07, 6.45) is -0.479. The fourth-order valence-electron chi connectivity index (χ4n) is 3.36. The van der Waals surface area contributed by atoms with Crippen LogP contribution in [-0.4, -0.2) is 42.8 Å². The molecule has 1 aromatic heterocycles. The Kier molecular flexibility index (Phi) is 4.07. The van der Waals surface area contributed by atoms with Crippen LogP contribution in [0, 0.1) is 0 Å². The minimum absolute atomic E-state index is 0.00199. The zero-order valence-electron chi connectivity index (χ0n) is 12.6. The Labute approximate surface area is 131 Å². The lowest BCUT2D eigenvalue weighted by molar-refractivity contribution is -0.148. The predicted molar refractivity (Wildman–Crippen MR) is 73.1 cm³/mol. The monoisotopic (exact) mass is 332 g/mol. The molecule has 1 N–H and O–H groups in total. The Bertz CT molecular complexity index is 593. The molecule has 0 saturated heterocycles. The maximum atomic E-state index is 12.8. The lowest BCUT2D eigenvalue weighted by Gasteiger charge is -2.35. The molecular weight excluding hydrogens is 313 g/mol. The van der Waals surface area contributed by atoms with E-state index in [1.54, 1.807) is 0 Å².